The zero-order valence-electron chi connectivity index (χ0n) is 9.06. The van der Waals surface area contributed by atoms with Crippen molar-refractivity contribution in [3.63, 3.8) is 0 Å². The summed E-state index contributed by atoms with van der Waals surface area (Å²) in [4.78, 5) is 8.10. The molecule has 1 fully saturated rings. The minimum Gasteiger partial charge on any atom is -0.352 e. The molecule has 0 saturated carbocycles. The van der Waals surface area contributed by atoms with E-state index < -0.39 is 0 Å². The number of pyridine rings is 1. The second-order valence-corrected chi connectivity index (χ2v) is 3.93. The average Bonchev–Trinajstić information content (AvgIpc) is 2.82. The van der Waals surface area contributed by atoms with E-state index in [0.29, 0.717) is 11.6 Å². The second-order valence-electron chi connectivity index (χ2n) is 3.93. The second kappa shape index (κ2) is 3.87. The molecule has 0 atom stereocenters. The Bertz CT molecular complexity index is 532. The molecule has 1 aliphatic heterocycles. The lowest BCUT2D eigenvalue weighted by molar-refractivity contribution is 0.331. The molecule has 0 N–H and O–H groups in total. The van der Waals surface area contributed by atoms with Crippen LogP contribution < -0.4 is 4.90 Å². The molecule has 6 nitrogen and oxygen atoms in total. The van der Waals surface area contributed by atoms with Crippen molar-refractivity contribution in [1.82, 2.24) is 20.0 Å². The molecule has 0 spiro atoms. The number of nitriles is 1. The van der Waals surface area contributed by atoms with E-state index in [4.69, 9.17) is 5.26 Å². The highest BCUT2D eigenvalue weighted by molar-refractivity contribution is 5.44. The topological polar surface area (TPSA) is 70.6 Å². The fourth-order valence-corrected chi connectivity index (χ4v) is 1.84. The van der Waals surface area contributed by atoms with Crippen LogP contribution in [-0.2, 0) is 0 Å². The van der Waals surface area contributed by atoms with Crippen molar-refractivity contribution in [2.24, 2.45) is 0 Å². The first kappa shape index (κ1) is 9.78. The van der Waals surface area contributed by atoms with Crippen LogP contribution in [0.15, 0.2) is 30.7 Å². The van der Waals surface area contributed by atoms with Crippen molar-refractivity contribution in [2.75, 3.05) is 18.0 Å². The Morgan fingerprint density at radius 3 is 2.59 bits per heavy atom. The molecule has 0 aliphatic carbocycles. The van der Waals surface area contributed by atoms with Crippen LogP contribution in [0, 0.1) is 11.3 Å². The van der Waals surface area contributed by atoms with E-state index >= 15 is 0 Å². The van der Waals surface area contributed by atoms with Crippen LogP contribution in [0.1, 0.15) is 11.6 Å². The van der Waals surface area contributed by atoms with Gasteiger partial charge in [0.05, 0.1) is 18.0 Å². The van der Waals surface area contributed by atoms with Gasteiger partial charge in [-0.25, -0.2) is 4.98 Å². The molecule has 0 unspecified atom stereocenters. The predicted molar refractivity (Wildman–Crippen MR) is 60.2 cm³/mol. The van der Waals surface area contributed by atoms with Crippen LogP contribution in [0.2, 0.25) is 0 Å². The molecule has 2 aromatic heterocycles. The molecule has 0 amide bonds. The largest absolute Gasteiger partial charge is 0.352 e. The van der Waals surface area contributed by atoms with Crippen LogP contribution in [0.5, 0.6) is 0 Å². The van der Waals surface area contributed by atoms with Crippen molar-refractivity contribution >= 4 is 5.82 Å². The summed E-state index contributed by atoms with van der Waals surface area (Å²) in [6, 6.07) is 6.02. The minimum absolute atomic E-state index is 0.322. The van der Waals surface area contributed by atoms with Gasteiger partial charge in [0.1, 0.15) is 17.9 Å². The van der Waals surface area contributed by atoms with E-state index in [1.165, 1.54) is 0 Å². The zero-order valence-corrected chi connectivity index (χ0v) is 9.06. The van der Waals surface area contributed by atoms with Gasteiger partial charge < -0.3 is 4.90 Å². The van der Waals surface area contributed by atoms with Crippen molar-refractivity contribution in [2.45, 2.75) is 6.04 Å². The molecule has 0 bridgehead atoms. The Balaban J connectivity index is 1.67. The molecular formula is C11H10N6. The van der Waals surface area contributed by atoms with Crippen LogP contribution in [0.25, 0.3) is 0 Å². The third kappa shape index (κ3) is 1.72. The molecule has 84 valence electrons. The first-order valence-electron chi connectivity index (χ1n) is 5.34. The first-order chi connectivity index (χ1) is 8.36. The van der Waals surface area contributed by atoms with Gasteiger partial charge in [0, 0.05) is 19.3 Å². The third-order valence-electron chi connectivity index (χ3n) is 2.83. The van der Waals surface area contributed by atoms with Gasteiger partial charge in [-0.1, -0.05) is 0 Å². The van der Waals surface area contributed by atoms with Gasteiger partial charge in [-0.15, -0.1) is 0 Å². The monoisotopic (exact) mass is 226 g/mol. The first-order valence-corrected chi connectivity index (χ1v) is 5.34. The van der Waals surface area contributed by atoms with Crippen molar-refractivity contribution in [3.05, 3.63) is 36.3 Å². The van der Waals surface area contributed by atoms with Crippen LogP contribution in [0.3, 0.4) is 0 Å². The van der Waals surface area contributed by atoms with Crippen LogP contribution >= 0.6 is 0 Å². The van der Waals surface area contributed by atoms with Crippen LogP contribution in [-0.4, -0.2) is 33.1 Å². The highest BCUT2D eigenvalue weighted by atomic mass is 15.5. The normalized spacial score (nSPS) is 15.4. The summed E-state index contributed by atoms with van der Waals surface area (Å²) < 4.78 is 0. The lowest BCUT2D eigenvalue weighted by Crippen LogP contribution is -2.48. The fraction of sp³-hybridized carbons (Fsp3) is 0.273. The van der Waals surface area contributed by atoms with E-state index in [1.807, 2.05) is 6.07 Å². The van der Waals surface area contributed by atoms with E-state index in [-0.39, 0.29) is 0 Å². The number of rotatable bonds is 2. The highest BCUT2D eigenvalue weighted by Crippen LogP contribution is 2.24. The number of nitrogens with zero attached hydrogens (tertiary/aromatic N) is 6. The van der Waals surface area contributed by atoms with Gasteiger partial charge in [-0.05, 0) is 12.1 Å². The molecule has 6 heteroatoms. The summed E-state index contributed by atoms with van der Waals surface area (Å²) in [6.45, 7) is 1.71. The molecule has 2 aromatic rings. The number of aromatic nitrogens is 4. The summed E-state index contributed by atoms with van der Waals surface area (Å²) in [5, 5.41) is 16.9. The van der Waals surface area contributed by atoms with E-state index in [1.54, 1.807) is 29.5 Å². The van der Waals surface area contributed by atoms with E-state index in [0.717, 1.165) is 18.9 Å². The molecule has 17 heavy (non-hydrogen) atoms. The minimum atomic E-state index is 0.322. The van der Waals surface area contributed by atoms with Gasteiger partial charge >= 0.3 is 0 Å². The molecular weight excluding hydrogens is 216 g/mol. The lowest BCUT2D eigenvalue weighted by atomic mass is 10.1. The van der Waals surface area contributed by atoms with Gasteiger partial charge in [-0.3, -0.25) is 0 Å². The Morgan fingerprint density at radius 1 is 1.24 bits per heavy atom. The zero-order chi connectivity index (χ0) is 11.7. The molecule has 0 aromatic carbocycles. The van der Waals surface area contributed by atoms with Crippen LogP contribution in [0.4, 0.5) is 5.82 Å². The Hall–Kier alpha value is -2.42. The van der Waals surface area contributed by atoms with Crippen molar-refractivity contribution in [3.8, 4) is 6.07 Å². The standard InChI is InChI=1S/C11H10N6/c12-5-9-1-2-11(13-6-9)16-7-10(8-16)17-14-3-4-15-17/h1-4,6,10H,7-8H2. The maximum atomic E-state index is 8.68. The molecule has 0 radical (unpaired) electrons. The predicted octanol–water partition coefficient (Wildman–Crippen LogP) is 0.606. The Labute approximate surface area is 98.1 Å². The third-order valence-corrected chi connectivity index (χ3v) is 2.83. The van der Waals surface area contributed by atoms with Gasteiger partial charge in [0.15, 0.2) is 0 Å². The molecule has 3 rings (SSSR count). The van der Waals surface area contributed by atoms with Gasteiger partial charge in [-0.2, -0.15) is 20.3 Å². The maximum Gasteiger partial charge on any atom is 0.128 e. The van der Waals surface area contributed by atoms with Crippen molar-refractivity contribution in [1.29, 1.82) is 5.26 Å². The Kier molecular flexibility index (Phi) is 2.22. The smallest absolute Gasteiger partial charge is 0.128 e. The maximum absolute atomic E-state index is 8.68. The van der Waals surface area contributed by atoms with E-state index in [2.05, 4.69) is 26.2 Å². The van der Waals surface area contributed by atoms with Crippen molar-refractivity contribution < 1.29 is 0 Å². The SMILES string of the molecule is N#Cc1ccc(N2CC(n3nccn3)C2)nc1. The number of anilines is 1. The number of hydrogen-bond donors (Lipinski definition) is 0. The average molecular weight is 226 g/mol. The quantitative estimate of drug-likeness (QED) is 0.750. The lowest BCUT2D eigenvalue weighted by Gasteiger charge is -2.39. The van der Waals surface area contributed by atoms with Gasteiger partial charge in [0.25, 0.3) is 0 Å². The van der Waals surface area contributed by atoms with E-state index in [9.17, 15) is 0 Å². The fourth-order valence-electron chi connectivity index (χ4n) is 1.84. The summed E-state index contributed by atoms with van der Waals surface area (Å²) in [6.07, 6.45) is 4.96. The summed E-state index contributed by atoms with van der Waals surface area (Å²) in [7, 11) is 0. The molecule has 1 saturated heterocycles. The van der Waals surface area contributed by atoms with Gasteiger partial charge in [0.2, 0.25) is 0 Å². The summed E-state index contributed by atoms with van der Waals surface area (Å²) >= 11 is 0. The molecule has 3 heterocycles. The number of hydrogen-bond acceptors (Lipinski definition) is 5. The highest BCUT2D eigenvalue weighted by Gasteiger charge is 2.30. The summed E-state index contributed by atoms with van der Waals surface area (Å²) in [5.41, 5.74) is 0.583. The Morgan fingerprint density at radius 2 is 2.00 bits per heavy atom. The summed E-state index contributed by atoms with van der Waals surface area (Å²) in [5.74, 6) is 0.896. The molecule has 1 aliphatic rings.